The molecule has 0 aliphatic heterocycles. The summed E-state index contributed by atoms with van der Waals surface area (Å²) in [6.07, 6.45) is 14.7. The molecule has 0 saturated heterocycles. The number of rotatable bonds is 13. The standard InChI is InChI=1S/C18H34NOS.F6P/c1-3-4-5-6-7-8-9-10-11-12-14-19-16-21-18(13-15-20)17(19)2;1-7(2,3,4,5)6/h16,20H,3-15H2,1-2H3;/q+1;-1. The third kappa shape index (κ3) is 20.3. The van der Waals surface area contributed by atoms with E-state index in [0.717, 1.165) is 13.0 Å². The van der Waals surface area contributed by atoms with E-state index >= 15 is 0 Å². The van der Waals surface area contributed by atoms with Crippen LogP contribution in [0.2, 0.25) is 0 Å². The molecule has 0 radical (unpaired) electrons. The van der Waals surface area contributed by atoms with Crippen molar-refractivity contribution >= 4 is 19.1 Å². The van der Waals surface area contributed by atoms with Gasteiger partial charge in [0, 0.05) is 26.4 Å². The first kappa shape index (κ1) is 27.6. The van der Waals surface area contributed by atoms with Crippen LogP contribution in [0.4, 0.5) is 25.2 Å². The molecular weight excluding hydrogens is 423 g/mol. The molecule has 0 aromatic carbocycles. The summed E-state index contributed by atoms with van der Waals surface area (Å²) < 4.78 is 61.6. The maximum absolute atomic E-state index is 10.7. The molecule has 1 aromatic heterocycles. The predicted molar refractivity (Wildman–Crippen MR) is 105 cm³/mol. The molecule has 0 aliphatic rings. The van der Waals surface area contributed by atoms with E-state index in [0.29, 0.717) is 0 Å². The van der Waals surface area contributed by atoms with Gasteiger partial charge in [-0.3, -0.25) is 0 Å². The summed E-state index contributed by atoms with van der Waals surface area (Å²) in [5.41, 5.74) is 3.57. The molecule has 0 amide bonds. The van der Waals surface area contributed by atoms with E-state index in [1.54, 1.807) is 11.3 Å². The Kier molecular flexibility index (Phi) is 11.5. The van der Waals surface area contributed by atoms with Crippen LogP contribution in [0.5, 0.6) is 0 Å². The number of halogens is 6. The summed E-state index contributed by atoms with van der Waals surface area (Å²) >= 11 is 1.79. The third-order valence-corrected chi connectivity index (χ3v) is 5.39. The molecule has 1 aromatic rings. The van der Waals surface area contributed by atoms with Crippen molar-refractivity contribution in [2.45, 2.75) is 91.0 Å². The summed E-state index contributed by atoms with van der Waals surface area (Å²) in [6, 6.07) is 0. The number of aliphatic hydroxyl groups is 1. The minimum atomic E-state index is -10.7. The predicted octanol–water partition coefficient (Wildman–Crippen LogP) is 8.18. The van der Waals surface area contributed by atoms with Gasteiger partial charge in [0.1, 0.15) is 6.54 Å². The van der Waals surface area contributed by atoms with E-state index in [1.807, 2.05) is 0 Å². The Bertz CT molecular complexity index is 536. The first-order chi connectivity index (χ1) is 12.7. The van der Waals surface area contributed by atoms with Crippen molar-refractivity contribution in [3.05, 3.63) is 16.1 Å². The number of aromatic nitrogens is 1. The Balaban J connectivity index is 0.000000887. The van der Waals surface area contributed by atoms with Crippen molar-refractivity contribution in [3.8, 4) is 0 Å². The Morgan fingerprint density at radius 2 is 1.29 bits per heavy atom. The van der Waals surface area contributed by atoms with Crippen LogP contribution < -0.4 is 4.57 Å². The minimum absolute atomic E-state index is 0.264. The molecule has 2 nitrogen and oxygen atoms in total. The second-order valence-electron chi connectivity index (χ2n) is 7.04. The number of hydrogen-bond donors (Lipinski definition) is 1. The summed E-state index contributed by atoms with van der Waals surface area (Å²) in [5.74, 6) is 0. The molecule has 1 heterocycles. The van der Waals surface area contributed by atoms with E-state index in [9.17, 15) is 25.2 Å². The first-order valence-electron chi connectivity index (χ1n) is 9.88. The first-order valence-corrected chi connectivity index (χ1v) is 12.8. The second-order valence-corrected chi connectivity index (χ2v) is 9.90. The molecule has 28 heavy (non-hydrogen) atoms. The number of unbranched alkanes of at least 4 members (excludes halogenated alkanes) is 9. The number of thiazole rings is 1. The normalized spacial score (nSPS) is 14.2. The van der Waals surface area contributed by atoms with Crippen LogP contribution in [0.25, 0.3) is 0 Å². The van der Waals surface area contributed by atoms with Gasteiger partial charge in [-0.2, -0.15) is 4.57 Å². The van der Waals surface area contributed by atoms with Gasteiger partial charge in [-0.15, -0.1) is 0 Å². The van der Waals surface area contributed by atoms with Gasteiger partial charge in [-0.1, -0.05) is 69.6 Å². The van der Waals surface area contributed by atoms with Gasteiger partial charge in [-0.05, 0) is 6.42 Å². The number of aryl methyl sites for hydroxylation is 1. The molecule has 1 rings (SSSR count). The molecule has 0 unspecified atom stereocenters. The van der Waals surface area contributed by atoms with Crippen molar-refractivity contribution in [2.24, 2.45) is 0 Å². The average Bonchev–Trinajstić information content (AvgIpc) is 2.87. The van der Waals surface area contributed by atoms with Gasteiger partial charge < -0.3 is 5.11 Å². The molecule has 0 bridgehead atoms. The fraction of sp³-hybridized carbons (Fsp3) is 0.833. The van der Waals surface area contributed by atoms with Crippen molar-refractivity contribution in [2.75, 3.05) is 6.61 Å². The topological polar surface area (TPSA) is 24.1 Å². The van der Waals surface area contributed by atoms with E-state index in [2.05, 4.69) is 23.9 Å². The van der Waals surface area contributed by atoms with Crippen LogP contribution in [0.15, 0.2) is 5.51 Å². The third-order valence-electron chi connectivity index (χ3n) is 4.25. The van der Waals surface area contributed by atoms with Gasteiger partial charge in [0.05, 0.1) is 4.88 Å². The fourth-order valence-corrected chi connectivity index (χ4v) is 3.80. The van der Waals surface area contributed by atoms with Crippen LogP contribution in [-0.4, -0.2) is 11.7 Å². The van der Waals surface area contributed by atoms with E-state index in [-0.39, 0.29) is 6.61 Å². The van der Waals surface area contributed by atoms with Crippen LogP contribution >= 0.6 is 19.1 Å². The fourth-order valence-electron chi connectivity index (χ4n) is 2.78. The molecule has 10 heteroatoms. The molecule has 0 spiro atoms. The van der Waals surface area contributed by atoms with E-state index in [1.165, 1.54) is 74.8 Å². The van der Waals surface area contributed by atoms with Crippen LogP contribution in [0.3, 0.4) is 0 Å². The van der Waals surface area contributed by atoms with Crippen LogP contribution in [-0.2, 0) is 13.0 Å². The van der Waals surface area contributed by atoms with Gasteiger partial charge in [0.2, 0.25) is 5.51 Å². The number of hydrogen-bond acceptors (Lipinski definition) is 2. The maximum atomic E-state index is 9.87. The second kappa shape index (κ2) is 11.7. The van der Waals surface area contributed by atoms with E-state index < -0.39 is 7.81 Å². The zero-order chi connectivity index (χ0) is 21.7. The van der Waals surface area contributed by atoms with Crippen LogP contribution in [0, 0.1) is 6.92 Å². The number of aliphatic hydroxyl groups excluding tert-OH is 1. The molecule has 0 aliphatic carbocycles. The van der Waals surface area contributed by atoms with Gasteiger partial charge >= 0.3 is 33.0 Å². The molecule has 0 fully saturated rings. The van der Waals surface area contributed by atoms with Gasteiger partial charge in [0.25, 0.3) is 0 Å². The Labute approximate surface area is 168 Å². The summed E-state index contributed by atoms with van der Waals surface area (Å²) in [7, 11) is -10.7. The molecule has 0 atom stereocenters. The quantitative estimate of drug-likeness (QED) is 0.137. The van der Waals surface area contributed by atoms with Crippen molar-refractivity contribution in [1.29, 1.82) is 0 Å². The number of nitrogens with zero attached hydrogens (tertiary/aromatic N) is 1. The Hall–Kier alpha value is -0.400. The zero-order valence-corrected chi connectivity index (χ0v) is 18.5. The zero-order valence-electron chi connectivity index (χ0n) is 16.8. The van der Waals surface area contributed by atoms with Crippen molar-refractivity contribution in [1.82, 2.24) is 0 Å². The van der Waals surface area contributed by atoms with Gasteiger partial charge in [-0.25, -0.2) is 0 Å². The van der Waals surface area contributed by atoms with E-state index in [4.69, 9.17) is 5.11 Å². The Morgan fingerprint density at radius 3 is 1.71 bits per heavy atom. The summed E-state index contributed by atoms with van der Waals surface area (Å²) in [5, 5.41) is 9.02. The van der Waals surface area contributed by atoms with Crippen molar-refractivity contribution in [3.63, 3.8) is 0 Å². The molecular formula is C18H34F6NOPS. The monoisotopic (exact) mass is 457 g/mol. The average molecular weight is 458 g/mol. The SMILES string of the molecule is CCCCCCCCCCCC[n+]1csc(CCO)c1C.F[P-](F)(F)(F)(F)F. The molecule has 170 valence electrons. The van der Waals surface area contributed by atoms with Crippen LogP contribution in [0.1, 0.15) is 81.7 Å². The van der Waals surface area contributed by atoms with Crippen molar-refractivity contribution < 1.29 is 34.9 Å². The molecule has 1 N–H and O–H groups in total. The summed E-state index contributed by atoms with van der Waals surface area (Å²) in [6.45, 7) is 5.86. The Morgan fingerprint density at radius 1 is 0.857 bits per heavy atom. The van der Waals surface area contributed by atoms with Gasteiger partial charge in [0.15, 0.2) is 5.69 Å². The summed E-state index contributed by atoms with van der Waals surface area (Å²) in [4.78, 5) is 1.34. The molecule has 0 saturated carbocycles.